The number of aromatic nitrogens is 4. The van der Waals surface area contributed by atoms with Crippen molar-refractivity contribution in [3.8, 4) is 22.7 Å². The Labute approximate surface area is 190 Å². The van der Waals surface area contributed by atoms with Crippen molar-refractivity contribution in [1.29, 1.82) is 0 Å². The van der Waals surface area contributed by atoms with E-state index in [4.69, 9.17) is 9.72 Å². The van der Waals surface area contributed by atoms with Crippen LogP contribution in [0, 0.1) is 0 Å². The number of amides is 1. The van der Waals surface area contributed by atoms with E-state index in [9.17, 15) is 4.79 Å². The van der Waals surface area contributed by atoms with Crippen LogP contribution in [0.1, 0.15) is 16.1 Å². The van der Waals surface area contributed by atoms with Crippen molar-refractivity contribution in [2.45, 2.75) is 6.54 Å². The Morgan fingerprint density at radius 2 is 1.79 bits per heavy atom. The molecule has 0 saturated carbocycles. The van der Waals surface area contributed by atoms with E-state index >= 15 is 0 Å². The first kappa shape index (κ1) is 20.4. The van der Waals surface area contributed by atoms with Gasteiger partial charge in [-0.1, -0.05) is 18.2 Å². The number of pyridine rings is 2. The van der Waals surface area contributed by atoms with Crippen LogP contribution in [0.15, 0.2) is 91.4 Å². The topological polar surface area (TPSA) is 81.9 Å². The number of carbonyl (C=O) groups excluding carboxylic acids is 1. The fourth-order valence-electron chi connectivity index (χ4n) is 3.63. The molecule has 1 N–H and O–H groups in total. The summed E-state index contributed by atoms with van der Waals surface area (Å²) in [5.74, 6) is 0.608. The van der Waals surface area contributed by atoms with Gasteiger partial charge in [-0.3, -0.25) is 9.78 Å². The molecule has 3 aromatic heterocycles. The number of nitrogens with one attached hydrogen (secondary N) is 1. The molecule has 162 valence electrons. The third-order valence-electron chi connectivity index (χ3n) is 5.35. The van der Waals surface area contributed by atoms with Crippen molar-refractivity contribution in [3.63, 3.8) is 0 Å². The van der Waals surface area contributed by atoms with Crippen LogP contribution in [-0.4, -0.2) is 32.8 Å². The fraction of sp³-hybridized carbons (Fsp3) is 0.0769. The number of nitrogens with zero attached hydrogens (tertiary/aromatic N) is 4. The van der Waals surface area contributed by atoms with E-state index in [0.29, 0.717) is 12.1 Å². The second-order valence-corrected chi connectivity index (χ2v) is 7.44. The SMILES string of the molecule is COc1ccc(-n2ccc(CNC(=O)c3cc(-c4ccncc4)nc4ccccc34)n2)cc1. The Morgan fingerprint density at radius 3 is 2.58 bits per heavy atom. The van der Waals surface area contributed by atoms with Crippen LogP contribution in [0.4, 0.5) is 0 Å². The van der Waals surface area contributed by atoms with Gasteiger partial charge in [0.05, 0.1) is 41.8 Å². The number of methoxy groups -OCH3 is 1. The van der Waals surface area contributed by atoms with Crippen LogP contribution in [0.5, 0.6) is 5.75 Å². The smallest absolute Gasteiger partial charge is 0.252 e. The van der Waals surface area contributed by atoms with Gasteiger partial charge in [0.15, 0.2) is 0 Å². The largest absolute Gasteiger partial charge is 0.497 e. The summed E-state index contributed by atoms with van der Waals surface area (Å²) < 4.78 is 6.97. The Balaban J connectivity index is 1.38. The van der Waals surface area contributed by atoms with Gasteiger partial charge in [-0.05, 0) is 54.6 Å². The van der Waals surface area contributed by atoms with Gasteiger partial charge in [0, 0.05) is 29.5 Å². The lowest BCUT2D eigenvalue weighted by Crippen LogP contribution is -2.23. The zero-order chi connectivity index (χ0) is 22.6. The minimum atomic E-state index is -0.178. The van der Waals surface area contributed by atoms with Gasteiger partial charge in [-0.15, -0.1) is 0 Å². The number of para-hydroxylation sites is 1. The molecule has 5 rings (SSSR count). The van der Waals surface area contributed by atoms with Crippen molar-refractivity contribution in [2.24, 2.45) is 0 Å². The maximum Gasteiger partial charge on any atom is 0.252 e. The predicted molar refractivity (Wildman–Crippen MR) is 126 cm³/mol. The molecule has 7 heteroatoms. The summed E-state index contributed by atoms with van der Waals surface area (Å²) in [6.07, 6.45) is 5.29. The molecule has 0 radical (unpaired) electrons. The molecule has 1 amide bonds. The summed E-state index contributed by atoms with van der Waals surface area (Å²) in [4.78, 5) is 22.0. The van der Waals surface area contributed by atoms with E-state index in [1.165, 1.54) is 0 Å². The van der Waals surface area contributed by atoms with Crippen molar-refractivity contribution >= 4 is 16.8 Å². The monoisotopic (exact) mass is 435 g/mol. The Bertz CT molecular complexity index is 1410. The van der Waals surface area contributed by atoms with Crippen molar-refractivity contribution in [3.05, 3.63) is 103 Å². The van der Waals surface area contributed by atoms with Crippen LogP contribution in [0.25, 0.3) is 27.8 Å². The van der Waals surface area contributed by atoms with E-state index in [2.05, 4.69) is 15.4 Å². The number of fused-ring (bicyclic) bond motifs is 1. The van der Waals surface area contributed by atoms with Gasteiger partial charge in [-0.2, -0.15) is 5.10 Å². The molecule has 5 aromatic rings. The highest BCUT2D eigenvalue weighted by Gasteiger charge is 2.14. The minimum absolute atomic E-state index is 0.178. The lowest BCUT2D eigenvalue weighted by Gasteiger charge is -2.10. The highest BCUT2D eigenvalue weighted by Crippen LogP contribution is 2.24. The van der Waals surface area contributed by atoms with Crippen molar-refractivity contribution in [1.82, 2.24) is 25.1 Å². The Hall–Kier alpha value is -4.52. The maximum absolute atomic E-state index is 13.2. The molecule has 0 aliphatic carbocycles. The van der Waals surface area contributed by atoms with Crippen molar-refractivity contribution < 1.29 is 9.53 Å². The lowest BCUT2D eigenvalue weighted by molar-refractivity contribution is 0.0952. The van der Waals surface area contributed by atoms with Crippen LogP contribution in [-0.2, 0) is 6.54 Å². The summed E-state index contributed by atoms with van der Waals surface area (Å²) in [5.41, 5.74) is 4.64. The van der Waals surface area contributed by atoms with E-state index < -0.39 is 0 Å². The van der Waals surface area contributed by atoms with Crippen molar-refractivity contribution in [2.75, 3.05) is 7.11 Å². The van der Waals surface area contributed by atoms with Gasteiger partial charge in [0.25, 0.3) is 5.91 Å². The van der Waals surface area contributed by atoms with E-state index in [0.717, 1.165) is 39.3 Å². The minimum Gasteiger partial charge on any atom is -0.497 e. The van der Waals surface area contributed by atoms with Gasteiger partial charge in [-0.25, -0.2) is 9.67 Å². The third-order valence-corrected chi connectivity index (χ3v) is 5.35. The molecule has 0 bridgehead atoms. The summed E-state index contributed by atoms with van der Waals surface area (Å²) >= 11 is 0. The highest BCUT2D eigenvalue weighted by molar-refractivity contribution is 6.07. The first-order valence-electron chi connectivity index (χ1n) is 10.5. The highest BCUT2D eigenvalue weighted by atomic mass is 16.5. The quantitative estimate of drug-likeness (QED) is 0.427. The summed E-state index contributed by atoms with van der Waals surface area (Å²) in [5, 5.41) is 8.37. The van der Waals surface area contributed by atoms with E-state index in [-0.39, 0.29) is 5.91 Å². The van der Waals surface area contributed by atoms with Crippen LogP contribution in [0.3, 0.4) is 0 Å². The van der Waals surface area contributed by atoms with Gasteiger partial charge in [0.1, 0.15) is 5.75 Å². The second kappa shape index (κ2) is 8.92. The van der Waals surface area contributed by atoms with Crippen LogP contribution in [0.2, 0.25) is 0 Å². The lowest BCUT2D eigenvalue weighted by atomic mass is 10.0. The average molecular weight is 435 g/mol. The normalized spacial score (nSPS) is 10.8. The number of carbonyl (C=O) groups is 1. The zero-order valence-corrected chi connectivity index (χ0v) is 18.0. The van der Waals surface area contributed by atoms with Gasteiger partial charge < -0.3 is 10.1 Å². The number of rotatable bonds is 6. The molecular weight excluding hydrogens is 414 g/mol. The number of hydrogen-bond donors (Lipinski definition) is 1. The summed E-state index contributed by atoms with van der Waals surface area (Å²) in [6, 6.07) is 22.7. The number of hydrogen-bond acceptors (Lipinski definition) is 5. The molecule has 0 aliphatic rings. The molecule has 0 saturated heterocycles. The summed E-state index contributed by atoms with van der Waals surface area (Å²) in [6.45, 7) is 0.309. The van der Waals surface area contributed by atoms with E-state index in [1.807, 2.05) is 79.0 Å². The Morgan fingerprint density at radius 1 is 1.00 bits per heavy atom. The second-order valence-electron chi connectivity index (χ2n) is 7.44. The third kappa shape index (κ3) is 4.29. The molecule has 33 heavy (non-hydrogen) atoms. The van der Waals surface area contributed by atoms with E-state index in [1.54, 1.807) is 24.2 Å². The maximum atomic E-state index is 13.2. The molecule has 0 atom stereocenters. The molecule has 0 fully saturated rings. The summed E-state index contributed by atoms with van der Waals surface area (Å²) in [7, 11) is 1.63. The Kier molecular flexibility index (Phi) is 5.51. The fourth-order valence-corrected chi connectivity index (χ4v) is 3.63. The molecular formula is C26H21N5O2. The molecule has 0 spiro atoms. The zero-order valence-electron chi connectivity index (χ0n) is 18.0. The predicted octanol–water partition coefficient (Wildman–Crippen LogP) is 4.42. The average Bonchev–Trinajstić information content (AvgIpc) is 3.36. The number of ether oxygens (including phenoxy) is 1. The van der Waals surface area contributed by atoms with Crippen LogP contribution < -0.4 is 10.1 Å². The molecule has 3 heterocycles. The first-order chi connectivity index (χ1) is 16.2. The number of benzene rings is 2. The molecule has 7 nitrogen and oxygen atoms in total. The van der Waals surface area contributed by atoms with Crippen LogP contribution >= 0.6 is 0 Å². The molecule has 2 aromatic carbocycles. The van der Waals surface area contributed by atoms with Gasteiger partial charge >= 0.3 is 0 Å². The standard InChI is InChI=1S/C26H21N5O2/c1-33-21-8-6-20(7-9-21)31-15-12-19(30-31)17-28-26(32)23-16-25(18-10-13-27-14-11-18)29-24-5-3-2-4-22(23)24/h2-16H,17H2,1H3,(H,28,32). The van der Waals surface area contributed by atoms with Gasteiger partial charge in [0.2, 0.25) is 0 Å². The first-order valence-corrected chi connectivity index (χ1v) is 10.5. The molecule has 0 unspecified atom stereocenters. The molecule has 0 aliphatic heterocycles.